The molecule has 0 amide bonds. The molecule has 0 spiro atoms. The maximum absolute atomic E-state index is 4.41. The summed E-state index contributed by atoms with van der Waals surface area (Å²) in [7, 11) is 0. The topological polar surface area (TPSA) is 29.9 Å². The van der Waals surface area contributed by atoms with Gasteiger partial charge >= 0.3 is 0 Å². The lowest BCUT2D eigenvalue weighted by atomic mass is 9.95. The van der Waals surface area contributed by atoms with E-state index in [1.807, 2.05) is 6.20 Å². The molecule has 1 N–H and O–H groups in total. The fraction of sp³-hybridized carbons (Fsp3) is 0.786. The van der Waals surface area contributed by atoms with Gasteiger partial charge in [-0.15, -0.1) is 0 Å². The van der Waals surface area contributed by atoms with Gasteiger partial charge in [0.05, 0.1) is 0 Å². The minimum Gasteiger partial charge on any atom is -0.356 e. The van der Waals surface area contributed by atoms with Crippen LogP contribution in [0.25, 0.3) is 0 Å². The van der Waals surface area contributed by atoms with Crippen molar-refractivity contribution in [3.05, 3.63) is 12.4 Å². The first-order valence-corrected chi connectivity index (χ1v) is 7.01. The number of imidazole rings is 1. The number of hydrogen-bond donors (Lipinski definition) is 1. The second kappa shape index (κ2) is 7.36. The van der Waals surface area contributed by atoms with Crippen LogP contribution in [0.3, 0.4) is 0 Å². The molecule has 1 heterocycles. The Morgan fingerprint density at radius 2 is 2.00 bits per heavy atom. The maximum atomic E-state index is 4.41. The van der Waals surface area contributed by atoms with Crippen molar-refractivity contribution >= 4 is 5.95 Å². The predicted molar refractivity (Wildman–Crippen MR) is 74.4 cm³/mol. The Morgan fingerprint density at radius 3 is 2.59 bits per heavy atom. The summed E-state index contributed by atoms with van der Waals surface area (Å²) < 4.78 is 2.29. The molecule has 17 heavy (non-hydrogen) atoms. The lowest BCUT2D eigenvalue weighted by Crippen LogP contribution is -2.18. The molecule has 0 aliphatic carbocycles. The molecular formula is C14H27N3. The summed E-state index contributed by atoms with van der Waals surface area (Å²) in [6.45, 7) is 10.1. The third-order valence-electron chi connectivity index (χ3n) is 3.65. The number of unbranched alkanes of at least 4 members (excludes halogenated alkanes) is 1. The Balaban J connectivity index is 2.66. The summed E-state index contributed by atoms with van der Waals surface area (Å²) in [5, 5.41) is 3.43. The van der Waals surface area contributed by atoms with Crippen molar-refractivity contribution in [2.45, 2.75) is 59.4 Å². The molecule has 1 rings (SSSR count). The van der Waals surface area contributed by atoms with E-state index in [0.717, 1.165) is 18.4 Å². The maximum Gasteiger partial charge on any atom is 0.203 e. The zero-order valence-electron chi connectivity index (χ0n) is 11.7. The summed E-state index contributed by atoms with van der Waals surface area (Å²) in [4.78, 5) is 4.41. The Hall–Kier alpha value is -0.990. The number of rotatable bonds is 8. The van der Waals surface area contributed by atoms with E-state index in [9.17, 15) is 0 Å². The van der Waals surface area contributed by atoms with E-state index >= 15 is 0 Å². The van der Waals surface area contributed by atoms with Gasteiger partial charge in [0.25, 0.3) is 0 Å². The molecule has 0 saturated carbocycles. The average molecular weight is 237 g/mol. The standard InChI is InChI=1S/C14H27N3/c1-5-8-9-15-14-16-10-11-17(14)12(4)13(6-2)7-3/h10-13H,5-9H2,1-4H3,(H,15,16). The van der Waals surface area contributed by atoms with Gasteiger partial charge in [0.1, 0.15) is 0 Å². The zero-order valence-corrected chi connectivity index (χ0v) is 11.7. The van der Waals surface area contributed by atoms with Crippen LogP contribution in [0.1, 0.15) is 59.4 Å². The van der Waals surface area contributed by atoms with Crippen LogP contribution in [0.5, 0.6) is 0 Å². The van der Waals surface area contributed by atoms with Gasteiger partial charge in [0, 0.05) is 25.0 Å². The summed E-state index contributed by atoms with van der Waals surface area (Å²) in [6, 6.07) is 0.525. The van der Waals surface area contributed by atoms with Gasteiger partial charge in [-0.25, -0.2) is 4.98 Å². The molecule has 0 bridgehead atoms. The van der Waals surface area contributed by atoms with Crippen molar-refractivity contribution in [3.63, 3.8) is 0 Å². The lowest BCUT2D eigenvalue weighted by molar-refractivity contribution is 0.335. The first-order chi connectivity index (χ1) is 8.24. The van der Waals surface area contributed by atoms with E-state index in [4.69, 9.17) is 0 Å². The highest BCUT2D eigenvalue weighted by Crippen LogP contribution is 2.26. The summed E-state index contributed by atoms with van der Waals surface area (Å²) >= 11 is 0. The number of anilines is 1. The van der Waals surface area contributed by atoms with E-state index in [1.54, 1.807) is 0 Å². The van der Waals surface area contributed by atoms with Gasteiger partial charge in [0.15, 0.2) is 0 Å². The molecule has 0 radical (unpaired) electrons. The number of aromatic nitrogens is 2. The number of nitrogens with one attached hydrogen (secondary N) is 1. The van der Waals surface area contributed by atoms with Gasteiger partial charge in [-0.05, 0) is 19.3 Å². The normalized spacial score (nSPS) is 13.0. The fourth-order valence-corrected chi connectivity index (χ4v) is 2.35. The Labute approximate surface area is 106 Å². The van der Waals surface area contributed by atoms with E-state index < -0.39 is 0 Å². The highest BCUT2D eigenvalue weighted by atomic mass is 15.2. The Kier molecular flexibility index (Phi) is 6.09. The summed E-state index contributed by atoms with van der Waals surface area (Å²) in [5.41, 5.74) is 0. The van der Waals surface area contributed by atoms with Crippen LogP contribution in [0.2, 0.25) is 0 Å². The fourth-order valence-electron chi connectivity index (χ4n) is 2.35. The van der Waals surface area contributed by atoms with Crippen molar-refractivity contribution in [1.29, 1.82) is 0 Å². The van der Waals surface area contributed by atoms with Gasteiger partial charge in [0.2, 0.25) is 5.95 Å². The summed E-state index contributed by atoms with van der Waals surface area (Å²) in [6.07, 6.45) is 8.86. The van der Waals surface area contributed by atoms with Crippen LogP contribution >= 0.6 is 0 Å². The average Bonchev–Trinajstić information content (AvgIpc) is 2.79. The molecule has 3 nitrogen and oxygen atoms in total. The number of hydrogen-bond acceptors (Lipinski definition) is 2. The van der Waals surface area contributed by atoms with Crippen LogP contribution in [0.4, 0.5) is 5.95 Å². The molecule has 1 unspecified atom stereocenters. The van der Waals surface area contributed by atoms with Gasteiger partial charge in [-0.1, -0.05) is 40.0 Å². The molecule has 0 aromatic carbocycles. The van der Waals surface area contributed by atoms with Crippen molar-refractivity contribution in [1.82, 2.24) is 9.55 Å². The monoisotopic (exact) mass is 237 g/mol. The molecular weight excluding hydrogens is 210 g/mol. The van der Waals surface area contributed by atoms with E-state index in [-0.39, 0.29) is 0 Å². The van der Waals surface area contributed by atoms with Crippen molar-refractivity contribution in [3.8, 4) is 0 Å². The molecule has 0 fully saturated rings. The third kappa shape index (κ3) is 3.76. The zero-order chi connectivity index (χ0) is 12.7. The smallest absolute Gasteiger partial charge is 0.203 e. The highest BCUT2D eigenvalue weighted by Gasteiger charge is 2.17. The van der Waals surface area contributed by atoms with Crippen LogP contribution in [0.15, 0.2) is 12.4 Å². The molecule has 1 aromatic rings. The molecule has 1 aromatic heterocycles. The molecule has 98 valence electrons. The quantitative estimate of drug-likeness (QED) is 0.690. The van der Waals surface area contributed by atoms with Gasteiger partial charge in [-0.2, -0.15) is 0 Å². The second-order valence-electron chi connectivity index (χ2n) is 4.76. The summed E-state index contributed by atoms with van der Waals surface area (Å²) in [5.74, 6) is 1.76. The van der Waals surface area contributed by atoms with Crippen LogP contribution in [-0.4, -0.2) is 16.1 Å². The Bertz CT molecular complexity index is 302. The molecule has 0 aliphatic rings. The minimum atomic E-state index is 0.525. The van der Waals surface area contributed by atoms with Crippen LogP contribution in [0, 0.1) is 5.92 Å². The number of nitrogens with zero attached hydrogens (tertiary/aromatic N) is 2. The molecule has 3 heteroatoms. The molecule has 0 saturated heterocycles. The first kappa shape index (κ1) is 14.1. The highest BCUT2D eigenvalue weighted by molar-refractivity contribution is 5.26. The second-order valence-corrected chi connectivity index (χ2v) is 4.76. The largest absolute Gasteiger partial charge is 0.356 e. The molecule has 0 aliphatic heterocycles. The minimum absolute atomic E-state index is 0.525. The Morgan fingerprint density at radius 1 is 1.29 bits per heavy atom. The lowest BCUT2D eigenvalue weighted by Gasteiger charge is -2.24. The molecule has 1 atom stereocenters. The van der Waals surface area contributed by atoms with Gasteiger partial charge < -0.3 is 9.88 Å². The van der Waals surface area contributed by atoms with E-state index in [1.165, 1.54) is 25.7 Å². The van der Waals surface area contributed by atoms with Crippen molar-refractivity contribution in [2.75, 3.05) is 11.9 Å². The third-order valence-corrected chi connectivity index (χ3v) is 3.65. The van der Waals surface area contributed by atoms with E-state index in [2.05, 4.69) is 48.8 Å². The van der Waals surface area contributed by atoms with Gasteiger partial charge in [-0.3, -0.25) is 0 Å². The van der Waals surface area contributed by atoms with Crippen LogP contribution in [-0.2, 0) is 0 Å². The predicted octanol–water partition coefficient (Wildman–Crippen LogP) is 4.09. The van der Waals surface area contributed by atoms with E-state index in [0.29, 0.717) is 6.04 Å². The van der Waals surface area contributed by atoms with Crippen LogP contribution < -0.4 is 5.32 Å². The van der Waals surface area contributed by atoms with Crippen molar-refractivity contribution in [2.24, 2.45) is 5.92 Å². The SMILES string of the molecule is CCCCNc1nccn1C(C)C(CC)CC. The van der Waals surface area contributed by atoms with Crippen molar-refractivity contribution < 1.29 is 0 Å². The first-order valence-electron chi connectivity index (χ1n) is 7.01.